The van der Waals surface area contributed by atoms with Crippen LogP contribution in [0, 0.1) is 0 Å². The first-order chi connectivity index (χ1) is 10.5. The number of amides is 1. The maximum Gasteiger partial charge on any atom is 0.308 e. The van der Waals surface area contributed by atoms with Crippen molar-refractivity contribution in [2.45, 2.75) is 6.54 Å². The van der Waals surface area contributed by atoms with E-state index in [4.69, 9.17) is 23.2 Å². The fourth-order valence-corrected chi connectivity index (χ4v) is 3.32. The summed E-state index contributed by atoms with van der Waals surface area (Å²) >= 11 is 13.0. The molecule has 0 radical (unpaired) electrons. The van der Waals surface area contributed by atoms with Crippen molar-refractivity contribution < 1.29 is 4.79 Å². The van der Waals surface area contributed by atoms with Crippen molar-refractivity contribution in [3.8, 4) is 0 Å². The molecular weight excluding hydrogens is 343 g/mol. The molecule has 3 rings (SSSR count). The van der Waals surface area contributed by atoms with Gasteiger partial charge in [-0.15, -0.1) is 0 Å². The van der Waals surface area contributed by atoms with Crippen LogP contribution in [0.5, 0.6) is 0 Å². The van der Waals surface area contributed by atoms with E-state index in [1.165, 1.54) is 4.57 Å². The van der Waals surface area contributed by atoms with E-state index >= 15 is 0 Å². The largest absolute Gasteiger partial charge is 0.323 e. The summed E-state index contributed by atoms with van der Waals surface area (Å²) in [5.41, 5.74) is 1.16. The lowest BCUT2D eigenvalue weighted by atomic mass is 10.3. The Morgan fingerprint density at radius 1 is 1.18 bits per heavy atom. The molecule has 2 aromatic carbocycles. The van der Waals surface area contributed by atoms with E-state index in [2.05, 4.69) is 5.32 Å². The zero-order chi connectivity index (χ0) is 15.7. The third-order valence-corrected chi connectivity index (χ3v) is 4.60. The number of anilines is 1. The van der Waals surface area contributed by atoms with Crippen molar-refractivity contribution in [3.63, 3.8) is 0 Å². The Morgan fingerprint density at radius 2 is 1.95 bits per heavy atom. The first-order valence-corrected chi connectivity index (χ1v) is 7.95. The monoisotopic (exact) mass is 352 g/mol. The Balaban J connectivity index is 1.86. The van der Waals surface area contributed by atoms with E-state index in [1.54, 1.807) is 18.2 Å². The summed E-state index contributed by atoms with van der Waals surface area (Å²) in [6.07, 6.45) is 0. The average molecular weight is 353 g/mol. The van der Waals surface area contributed by atoms with Crippen LogP contribution in [0.25, 0.3) is 10.2 Å². The molecule has 4 nitrogen and oxygen atoms in total. The zero-order valence-corrected chi connectivity index (χ0v) is 13.5. The van der Waals surface area contributed by atoms with Crippen LogP contribution in [-0.4, -0.2) is 10.5 Å². The van der Waals surface area contributed by atoms with Crippen LogP contribution < -0.4 is 10.2 Å². The number of hydrogen-bond acceptors (Lipinski definition) is 3. The summed E-state index contributed by atoms with van der Waals surface area (Å²) in [5.74, 6) is -0.338. The van der Waals surface area contributed by atoms with Crippen LogP contribution >= 0.6 is 34.5 Å². The molecule has 1 N–H and O–H groups in total. The lowest BCUT2D eigenvalue weighted by molar-refractivity contribution is -0.116. The summed E-state index contributed by atoms with van der Waals surface area (Å²) < 4.78 is 2.29. The Hall–Kier alpha value is -1.82. The summed E-state index contributed by atoms with van der Waals surface area (Å²) in [4.78, 5) is 24.0. The topological polar surface area (TPSA) is 51.1 Å². The summed E-state index contributed by atoms with van der Waals surface area (Å²) in [7, 11) is 0. The summed E-state index contributed by atoms with van der Waals surface area (Å²) in [6, 6.07) is 12.2. The van der Waals surface area contributed by atoms with Gasteiger partial charge >= 0.3 is 4.87 Å². The van der Waals surface area contributed by atoms with Crippen LogP contribution in [0.15, 0.2) is 47.3 Å². The number of halogens is 2. The second kappa shape index (κ2) is 6.12. The lowest BCUT2D eigenvalue weighted by Crippen LogP contribution is -2.24. The molecule has 1 heterocycles. The predicted octanol–water partition coefficient (Wildman–Crippen LogP) is 4.01. The van der Waals surface area contributed by atoms with Crippen molar-refractivity contribution in [2.75, 3.05) is 5.32 Å². The SMILES string of the molecule is O=C(Cn1c(=O)sc2ccccc21)Nc1cc(Cl)ccc1Cl. The number of rotatable bonds is 3. The van der Waals surface area contributed by atoms with E-state index in [9.17, 15) is 9.59 Å². The van der Waals surface area contributed by atoms with Gasteiger partial charge in [0.05, 0.1) is 20.9 Å². The van der Waals surface area contributed by atoms with Crippen LogP contribution in [0.1, 0.15) is 0 Å². The van der Waals surface area contributed by atoms with Gasteiger partial charge in [-0.25, -0.2) is 0 Å². The third-order valence-electron chi connectivity index (χ3n) is 3.08. The van der Waals surface area contributed by atoms with E-state index < -0.39 is 0 Å². The van der Waals surface area contributed by atoms with Crippen LogP contribution in [-0.2, 0) is 11.3 Å². The first-order valence-electron chi connectivity index (χ1n) is 6.38. The molecule has 1 amide bonds. The number of hydrogen-bond donors (Lipinski definition) is 1. The normalized spacial score (nSPS) is 10.8. The van der Waals surface area contributed by atoms with Gasteiger partial charge in [0, 0.05) is 5.02 Å². The molecule has 0 aliphatic heterocycles. The van der Waals surface area contributed by atoms with E-state index in [-0.39, 0.29) is 17.3 Å². The molecule has 22 heavy (non-hydrogen) atoms. The Bertz CT molecular complexity index is 917. The highest BCUT2D eigenvalue weighted by molar-refractivity contribution is 7.16. The lowest BCUT2D eigenvalue weighted by Gasteiger charge is -2.08. The predicted molar refractivity (Wildman–Crippen MR) is 91.2 cm³/mol. The highest BCUT2D eigenvalue weighted by Crippen LogP contribution is 2.25. The van der Waals surface area contributed by atoms with Gasteiger partial charge in [-0.2, -0.15) is 0 Å². The number of fused-ring (bicyclic) bond motifs is 1. The molecule has 0 saturated carbocycles. The van der Waals surface area contributed by atoms with Crippen molar-refractivity contribution in [1.82, 2.24) is 4.57 Å². The van der Waals surface area contributed by atoms with Gasteiger partial charge in [-0.1, -0.05) is 46.7 Å². The van der Waals surface area contributed by atoms with Crippen molar-refractivity contribution in [3.05, 3.63) is 62.2 Å². The number of thiazole rings is 1. The van der Waals surface area contributed by atoms with Crippen LogP contribution in [0.4, 0.5) is 5.69 Å². The number of nitrogens with one attached hydrogen (secondary N) is 1. The highest BCUT2D eigenvalue weighted by Gasteiger charge is 2.12. The van der Waals surface area contributed by atoms with Gasteiger partial charge in [0.15, 0.2) is 0 Å². The van der Waals surface area contributed by atoms with Crippen LogP contribution in [0.3, 0.4) is 0 Å². The summed E-state index contributed by atoms with van der Waals surface area (Å²) in [6.45, 7) is -0.0777. The summed E-state index contributed by atoms with van der Waals surface area (Å²) in [5, 5.41) is 3.53. The molecule has 112 valence electrons. The number of para-hydroxylation sites is 1. The molecule has 1 aromatic heterocycles. The number of aromatic nitrogens is 1. The van der Waals surface area contributed by atoms with Gasteiger partial charge in [0.2, 0.25) is 5.91 Å². The minimum Gasteiger partial charge on any atom is -0.323 e. The molecule has 0 fully saturated rings. The van der Waals surface area contributed by atoms with Crippen molar-refractivity contribution in [2.24, 2.45) is 0 Å². The second-order valence-electron chi connectivity index (χ2n) is 4.59. The molecular formula is C15H10Cl2N2O2S. The van der Waals surface area contributed by atoms with Crippen molar-refractivity contribution in [1.29, 1.82) is 0 Å². The number of carbonyl (C=O) groups is 1. The zero-order valence-electron chi connectivity index (χ0n) is 11.2. The highest BCUT2D eigenvalue weighted by atomic mass is 35.5. The van der Waals surface area contributed by atoms with E-state index in [1.807, 2.05) is 24.3 Å². The fraction of sp³-hybridized carbons (Fsp3) is 0.0667. The molecule has 0 aliphatic carbocycles. The van der Waals surface area contributed by atoms with E-state index in [0.717, 1.165) is 21.6 Å². The average Bonchev–Trinajstić information content (AvgIpc) is 2.79. The first kappa shape index (κ1) is 15.1. The smallest absolute Gasteiger partial charge is 0.308 e. The second-order valence-corrected chi connectivity index (χ2v) is 6.43. The molecule has 0 spiro atoms. The quantitative estimate of drug-likeness (QED) is 0.774. The fourth-order valence-electron chi connectivity index (χ4n) is 2.09. The molecule has 0 atom stereocenters. The van der Waals surface area contributed by atoms with E-state index in [0.29, 0.717) is 15.7 Å². The Morgan fingerprint density at radius 3 is 2.77 bits per heavy atom. The van der Waals surface area contributed by atoms with Crippen LogP contribution in [0.2, 0.25) is 10.0 Å². The molecule has 0 unspecified atom stereocenters. The van der Waals surface area contributed by atoms with Gasteiger partial charge in [0.1, 0.15) is 6.54 Å². The van der Waals surface area contributed by atoms with Gasteiger partial charge in [0.25, 0.3) is 0 Å². The third kappa shape index (κ3) is 3.02. The maximum absolute atomic E-state index is 12.2. The van der Waals surface area contributed by atoms with Gasteiger partial charge < -0.3 is 5.32 Å². The molecule has 0 saturated heterocycles. The molecule has 7 heteroatoms. The minimum absolute atomic E-state index is 0.0777. The van der Waals surface area contributed by atoms with Crippen molar-refractivity contribution >= 4 is 56.3 Å². The minimum atomic E-state index is -0.338. The molecule has 0 bridgehead atoms. The Kier molecular flexibility index (Phi) is 4.20. The molecule has 3 aromatic rings. The Labute approximate surface area is 139 Å². The van der Waals surface area contributed by atoms with Gasteiger partial charge in [-0.05, 0) is 30.3 Å². The molecule has 0 aliphatic rings. The maximum atomic E-state index is 12.2. The number of nitrogens with zero attached hydrogens (tertiary/aromatic N) is 1. The van der Waals surface area contributed by atoms with Gasteiger partial charge in [-0.3, -0.25) is 14.2 Å². The standard InChI is InChI=1S/C15H10Cl2N2O2S/c16-9-5-6-10(17)11(7-9)18-14(20)8-19-12-3-1-2-4-13(12)22-15(19)21/h1-7H,8H2,(H,18,20). The number of benzene rings is 2. The number of carbonyl (C=O) groups excluding carboxylic acids is 1.